The molecule has 60 heavy (non-hydrogen) atoms. The Morgan fingerprint density at radius 1 is 0.533 bits per heavy atom. The van der Waals surface area contributed by atoms with Gasteiger partial charge in [0.05, 0.1) is 25.9 Å². The number of carbonyl (C=O) groups excluding carboxylic acids is 2. The summed E-state index contributed by atoms with van der Waals surface area (Å²) in [5.41, 5.74) is 0. The number of allylic oxidation sites excluding steroid dienone is 14. The monoisotopic (exact) mass is 888 g/mol. The number of hydrogen-bond donors (Lipinski definition) is 5. The highest BCUT2D eigenvalue weighted by atomic mass is 31.2. The third-order valence-electron chi connectivity index (χ3n) is 8.28. The fourth-order valence-corrected chi connectivity index (χ4v) is 6.23. The number of phosphoric acid groups is 2. The normalized spacial score (nSPS) is 15.4. The number of rotatable bonds is 39. The van der Waals surface area contributed by atoms with E-state index in [1.807, 2.05) is 12.2 Å². The Bertz CT molecular complexity index is 1400. The summed E-state index contributed by atoms with van der Waals surface area (Å²) >= 11 is 0. The van der Waals surface area contributed by atoms with E-state index in [0.717, 1.165) is 89.9 Å². The van der Waals surface area contributed by atoms with Crippen LogP contribution >= 0.6 is 15.6 Å². The summed E-state index contributed by atoms with van der Waals surface area (Å²) in [7, 11) is -9.71. The lowest BCUT2D eigenvalue weighted by Crippen LogP contribution is -2.30. The van der Waals surface area contributed by atoms with E-state index in [4.69, 9.17) is 23.8 Å². The molecule has 1 unspecified atom stereocenters. The number of aliphatic hydroxyl groups is 2. The standard InChI is InChI=1S/C44H74O14P2/c1-3-4-5-6-7-8-9-10-12-17-20-23-26-29-32-35-44(48)58-42(39-57-60(52,53)56-37-41(46)36-55-59(49,50)51)38-54-43(47)34-31-28-25-22-19-16-14-11-13-15-18-21-24-27-30-33-40(2)45/h4-5,7-8,10,12-16,21-22,24-25,40-42,45-46H,3,6,9,11,17-20,23,26-39H2,1-2H3,(H,52,53)(H2,49,50,51)/b5-4-,8-7-,12-10-,15-13-,16-14-,24-21-,25-22-/t40-,41+,42-/m1/s1. The molecule has 0 saturated carbocycles. The van der Waals surface area contributed by atoms with E-state index < -0.39 is 66.2 Å². The van der Waals surface area contributed by atoms with Crippen molar-refractivity contribution in [3.05, 3.63) is 85.1 Å². The summed E-state index contributed by atoms with van der Waals surface area (Å²) < 4.78 is 47.6. The van der Waals surface area contributed by atoms with Gasteiger partial charge in [0.15, 0.2) is 6.10 Å². The number of esters is 2. The van der Waals surface area contributed by atoms with Crippen molar-refractivity contribution in [2.45, 2.75) is 154 Å². The SMILES string of the molecule is CC/C=C\C/C=C\C/C=C\CCCCCCCC(=O)O[C@H](COC(=O)CCC/C=C\C/C=C\C/C=C\C/C=C\CCC[C@@H](C)O)COP(=O)(O)OC[C@@H](O)COP(=O)(O)O. The third-order valence-corrected chi connectivity index (χ3v) is 9.71. The maximum Gasteiger partial charge on any atom is 0.472 e. The molecule has 0 aliphatic rings. The minimum absolute atomic E-state index is 0.0891. The first-order valence-electron chi connectivity index (χ1n) is 21.3. The molecule has 0 fully saturated rings. The van der Waals surface area contributed by atoms with Gasteiger partial charge in [0.1, 0.15) is 12.7 Å². The summed E-state index contributed by atoms with van der Waals surface area (Å²) in [4.78, 5) is 52.6. The Morgan fingerprint density at radius 3 is 1.53 bits per heavy atom. The molecule has 0 bridgehead atoms. The van der Waals surface area contributed by atoms with Crippen molar-refractivity contribution in [2.24, 2.45) is 0 Å². The van der Waals surface area contributed by atoms with Gasteiger partial charge in [-0.1, -0.05) is 111 Å². The highest BCUT2D eigenvalue weighted by Crippen LogP contribution is 2.43. The van der Waals surface area contributed by atoms with Gasteiger partial charge >= 0.3 is 27.6 Å². The zero-order valence-corrected chi connectivity index (χ0v) is 37.7. The third kappa shape index (κ3) is 43.4. The minimum Gasteiger partial charge on any atom is -0.462 e. The lowest BCUT2D eigenvalue weighted by Gasteiger charge is -2.20. The molecule has 14 nitrogen and oxygen atoms in total. The first-order chi connectivity index (χ1) is 28.7. The maximum absolute atomic E-state index is 12.6. The van der Waals surface area contributed by atoms with Gasteiger partial charge in [0.25, 0.3) is 0 Å². The topological polar surface area (TPSA) is 216 Å². The highest BCUT2D eigenvalue weighted by molar-refractivity contribution is 7.47. The Kier molecular flexibility index (Phi) is 37.3. The van der Waals surface area contributed by atoms with E-state index >= 15 is 0 Å². The summed E-state index contributed by atoms with van der Waals surface area (Å²) in [6.07, 6.45) is 41.4. The average Bonchev–Trinajstić information content (AvgIpc) is 3.19. The highest BCUT2D eigenvalue weighted by Gasteiger charge is 2.28. The Hall–Kier alpha value is -2.74. The van der Waals surface area contributed by atoms with Gasteiger partial charge in [-0.15, -0.1) is 0 Å². The molecule has 0 saturated heterocycles. The van der Waals surface area contributed by atoms with Gasteiger partial charge in [-0.2, -0.15) is 0 Å². The first kappa shape index (κ1) is 57.3. The molecule has 0 heterocycles. The van der Waals surface area contributed by atoms with Gasteiger partial charge in [-0.05, 0) is 96.8 Å². The molecule has 0 aromatic rings. The molecule has 0 radical (unpaired) electrons. The molecule has 0 aliphatic heterocycles. The molecule has 0 aromatic carbocycles. The van der Waals surface area contributed by atoms with Crippen LogP contribution in [0.4, 0.5) is 0 Å². The number of ether oxygens (including phenoxy) is 2. The quantitative estimate of drug-likeness (QED) is 0.0168. The lowest BCUT2D eigenvalue weighted by atomic mass is 10.1. The smallest absolute Gasteiger partial charge is 0.462 e. The predicted octanol–water partition coefficient (Wildman–Crippen LogP) is 9.75. The second-order valence-electron chi connectivity index (χ2n) is 14.2. The van der Waals surface area contributed by atoms with Gasteiger partial charge in [0, 0.05) is 12.8 Å². The first-order valence-corrected chi connectivity index (χ1v) is 24.3. The van der Waals surface area contributed by atoms with Crippen LogP contribution in [-0.4, -0.2) is 81.6 Å². The Morgan fingerprint density at radius 2 is 0.983 bits per heavy atom. The number of phosphoric ester groups is 2. The zero-order chi connectivity index (χ0) is 44.6. The Balaban J connectivity index is 4.66. The minimum atomic E-state index is -4.88. The van der Waals surface area contributed by atoms with Crippen molar-refractivity contribution in [3.8, 4) is 0 Å². The van der Waals surface area contributed by atoms with Crippen molar-refractivity contribution in [3.63, 3.8) is 0 Å². The van der Waals surface area contributed by atoms with Gasteiger partial charge in [0.2, 0.25) is 0 Å². The van der Waals surface area contributed by atoms with E-state index in [2.05, 4.69) is 88.9 Å². The summed E-state index contributed by atoms with van der Waals surface area (Å²) in [6.45, 7) is 1.09. The van der Waals surface area contributed by atoms with Crippen molar-refractivity contribution in [1.82, 2.24) is 0 Å². The summed E-state index contributed by atoms with van der Waals surface area (Å²) in [5, 5.41) is 19.0. The van der Waals surface area contributed by atoms with Crippen molar-refractivity contribution in [1.29, 1.82) is 0 Å². The molecule has 0 aromatic heterocycles. The molecule has 16 heteroatoms. The molecular formula is C44H74O14P2. The number of aliphatic hydroxyl groups excluding tert-OH is 2. The predicted molar refractivity (Wildman–Crippen MR) is 236 cm³/mol. The van der Waals surface area contributed by atoms with Crippen LogP contribution in [0.2, 0.25) is 0 Å². The van der Waals surface area contributed by atoms with Gasteiger partial charge < -0.3 is 34.4 Å². The van der Waals surface area contributed by atoms with E-state index in [0.29, 0.717) is 19.3 Å². The van der Waals surface area contributed by atoms with Crippen LogP contribution in [0.15, 0.2) is 85.1 Å². The van der Waals surface area contributed by atoms with E-state index in [1.165, 1.54) is 0 Å². The van der Waals surface area contributed by atoms with E-state index in [9.17, 15) is 33.8 Å². The van der Waals surface area contributed by atoms with E-state index in [-0.39, 0.29) is 18.9 Å². The second-order valence-corrected chi connectivity index (χ2v) is 16.9. The molecule has 344 valence electrons. The fraction of sp³-hybridized carbons (Fsp3) is 0.636. The largest absolute Gasteiger partial charge is 0.472 e. The van der Waals surface area contributed by atoms with Crippen molar-refractivity contribution < 1.29 is 66.7 Å². The number of unbranched alkanes of at least 4 members (excludes halogenated alkanes) is 7. The van der Waals surface area contributed by atoms with Crippen LogP contribution in [0, 0.1) is 0 Å². The van der Waals surface area contributed by atoms with Crippen LogP contribution in [0.25, 0.3) is 0 Å². The maximum atomic E-state index is 12.6. The average molecular weight is 889 g/mol. The molecule has 0 rings (SSSR count). The van der Waals surface area contributed by atoms with Crippen LogP contribution in [-0.2, 0) is 41.8 Å². The summed E-state index contributed by atoms with van der Waals surface area (Å²) in [6, 6.07) is 0. The molecular weight excluding hydrogens is 814 g/mol. The van der Waals surface area contributed by atoms with E-state index in [1.54, 1.807) is 6.92 Å². The van der Waals surface area contributed by atoms with Gasteiger partial charge in [-0.25, -0.2) is 9.13 Å². The van der Waals surface area contributed by atoms with Crippen molar-refractivity contribution >= 4 is 27.6 Å². The second kappa shape index (κ2) is 39.1. The Labute approximate surface area is 359 Å². The molecule has 0 amide bonds. The number of hydrogen-bond acceptors (Lipinski definition) is 11. The lowest BCUT2D eigenvalue weighted by molar-refractivity contribution is -0.161. The zero-order valence-electron chi connectivity index (χ0n) is 35.9. The van der Waals surface area contributed by atoms with Crippen LogP contribution in [0.3, 0.4) is 0 Å². The molecule has 4 atom stereocenters. The molecule has 5 N–H and O–H groups in total. The summed E-state index contributed by atoms with van der Waals surface area (Å²) in [5.74, 6) is -1.14. The van der Waals surface area contributed by atoms with Crippen LogP contribution in [0.5, 0.6) is 0 Å². The molecule has 0 aliphatic carbocycles. The van der Waals surface area contributed by atoms with Gasteiger partial charge in [-0.3, -0.25) is 23.2 Å². The van der Waals surface area contributed by atoms with Crippen LogP contribution in [0.1, 0.15) is 136 Å². The van der Waals surface area contributed by atoms with Crippen LogP contribution < -0.4 is 0 Å². The molecule has 0 spiro atoms. The number of carbonyl (C=O) groups is 2. The van der Waals surface area contributed by atoms with Crippen molar-refractivity contribution in [2.75, 3.05) is 26.4 Å². The fourth-order valence-electron chi connectivity index (χ4n) is 5.08.